The quantitative estimate of drug-likeness (QED) is 0.589. The number of hydrogen-bond donors (Lipinski definition) is 0. The molecule has 0 radical (unpaired) electrons. The van der Waals surface area contributed by atoms with E-state index in [9.17, 15) is 14.5 Å². The van der Waals surface area contributed by atoms with Crippen LogP contribution in [0.25, 0.3) is 0 Å². The summed E-state index contributed by atoms with van der Waals surface area (Å²) in [5, 5.41) is 11.4. The number of nitro groups is 1. The van der Waals surface area contributed by atoms with E-state index in [-0.39, 0.29) is 11.4 Å². The van der Waals surface area contributed by atoms with Crippen LogP contribution < -0.4 is 9.64 Å². The molecule has 0 aliphatic carbocycles. The van der Waals surface area contributed by atoms with Gasteiger partial charge in [-0.15, -0.1) is 0 Å². The van der Waals surface area contributed by atoms with Crippen molar-refractivity contribution < 1.29 is 14.1 Å². The first-order valence-corrected chi connectivity index (χ1v) is 9.04. The third kappa shape index (κ3) is 4.36. The van der Waals surface area contributed by atoms with Crippen molar-refractivity contribution in [2.75, 3.05) is 31.6 Å². The second-order valence-electron chi connectivity index (χ2n) is 6.81. The molecule has 1 heterocycles. The predicted molar refractivity (Wildman–Crippen MR) is 103 cm³/mol. The van der Waals surface area contributed by atoms with E-state index in [1.807, 2.05) is 23.1 Å². The summed E-state index contributed by atoms with van der Waals surface area (Å²) in [7, 11) is 1.43. The van der Waals surface area contributed by atoms with E-state index in [4.69, 9.17) is 4.74 Å². The number of halogens is 1. The molecule has 1 atom stereocenters. The minimum absolute atomic E-state index is 0.283. The van der Waals surface area contributed by atoms with Crippen LogP contribution in [0.5, 0.6) is 5.75 Å². The molecule has 0 N–H and O–H groups in total. The van der Waals surface area contributed by atoms with Crippen LogP contribution in [-0.4, -0.2) is 42.6 Å². The Labute approximate surface area is 158 Å². The van der Waals surface area contributed by atoms with E-state index in [0.717, 1.165) is 25.6 Å². The van der Waals surface area contributed by atoms with Crippen LogP contribution in [0.4, 0.5) is 15.8 Å². The second-order valence-corrected chi connectivity index (χ2v) is 6.81. The number of nitrogens with zero attached hydrogens (tertiary/aromatic N) is 3. The average Bonchev–Trinajstić information content (AvgIpc) is 2.83. The second kappa shape index (κ2) is 8.35. The van der Waals surface area contributed by atoms with Gasteiger partial charge in [0.1, 0.15) is 11.4 Å². The number of methoxy groups -OCH3 is 1. The minimum atomic E-state index is -0.868. The molecule has 0 aromatic heterocycles. The lowest BCUT2D eigenvalue weighted by atomic mass is 10.1. The highest BCUT2D eigenvalue weighted by Crippen LogP contribution is 2.36. The molecule has 0 amide bonds. The van der Waals surface area contributed by atoms with Crippen LogP contribution in [0.15, 0.2) is 42.5 Å². The number of rotatable bonds is 5. The molecule has 1 saturated heterocycles. The highest BCUT2D eigenvalue weighted by molar-refractivity contribution is 5.66. The molecule has 144 valence electrons. The van der Waals surface area contributed by atoms with Gasteiger partial charge < -0.3 is 9.64 Å². The van der Waals surface area contributed by atoms with Crippen LogP contribution in [0.3, 0.4) is 0 Å². The number of anilines is 1. The Morgan fingerprint density at radius 2 is 1.96 bits per heavy atom. The van der Waals surface area contributed by atoms with E-state index < -0.39 is 16.4 Å². The van der Waals surface area contributed by atoms with Crippen molar-refractivity contribution in [2.45, 2.75) is 25.9 Å². The Kier molecular flexibility index (Phi) is 5.91. The molecule has 1 aliphatic heterocycles. The van der Waals surface area contributed by atoms with E-state index in [1.165, 1.54) is 12.7 Å². The first-order valence-electron chi connectivity index (χ1n) is 9.04. The fourth-order valence-corrected chi connectivity index (χ4v) is 3.50. The van der Waals surface area contributed by atoms with Gasteiger partial charge in [0.2, 0.25) is 5.82 Å². The van der Waals surface area contributed by atoms with Crippen LogP contribution in [-0.2, 0) is 6.54 Å². The van der Waals surface area contributed by atoms with Crippen LogP contribution in [0.2, 0.25) is 0 Å². The van der Waals surface area contributed by atoms with E-state index in [1.54, 1.807) is 6.07 Å². The molecule has 2 aromatic rings. The Hall–Kier alpha value is -2.67. The maximum absolute atomic E-state index is 14.3. The molecule has 2 aromatic carbocycles. The highest BCUT2D eigenvalue weighted by Gasteiger charge is 2.29. The summed E-state index contributed by atoms with van der Waals surface area (Å²) in [6.45, 7) is 4.94. The minimum Gasteiger partial charge on any atom is -0.497 e. The fraction of sp³-hybridized carbons (Fsp3) is 0.400. The van der Waals surface area contributed by atoms with Gasteiger partial charge in [-0.3, -0.25) is 15.0 Å². The predicted octanol–water partition coefficient (Wildman–Crippen LogP) is 3.84. The van der Waals surface area contributed by atoms with Crippen molar-refractivity contribution in [1.82, 2.24) is 4.90 Å². The van der Waals surface area contributed by atoms with Gasteiger partial charge in [-0.2, -0.15) is 4.39 Å². The normalized spacial score (nSPS) is 18.2. The number of nitro benzene ring substituents is 1. The lowest BCUT2D eigenvalue weighted by Crippen LogP contribution is -2.34. The van der Waals surface area contributed by atoms with Gasteiger partial charge in [0, 0.05) is 44.4 Å². The Morgan fingerprint density at radius 3 is 2.63 bits per heavy atom. The lowest BCUT2D eigenvalue weighted by Gasteiger charge is -2.26. The third-order valence-corrected chi connectivity index (χ3v) is 5.10. The molecular weight excluding hydrogens is 349 g/mol. The molecule has 7 heteroatoms. The molecule has 27 heavy (non-hydrogen) atoms. The zero-order valence-electron chi connectivity index (χ0n) is 15.6. The van der Waals surface area contributed by atoms with E-state index in [2.05, 4.69) is 24.0 Å². The van der Waals surface area contributed by atoms with Gasteiger partial charge in [0.25, 0.3) is 0 Å². The summed E-state index contributed by atoms with van der Waals surface area (Å²) in [6, 6.07) is 13.2. The summed E-state index contributed by atoms with van der Waals surface area (Å²) in [5.74, 6) is -0.584. The zero-order chi connectivity index (χ0) is 19.4. The molecule has 6 nitrogen and oxygen atoms in total. The summed E-state index contributed by atoms with van der Waals surface area (Å²) >= 11 is 0. The van der Waals surface area contributed by atoms with Crippen LogP contribution >= 0.6 is 0 Å². The summed E-state index contributed by atoms with van der Waals surface area (Å²) < 4.78 is 19.4. The molecule has 3 rings (SSSR count). The lowest BCUT2D eigenvalue weighted by molar-refractivity contribution is -0.386. The van der Waals surface area contributed by atoms with Crippen molar-refractivity contribution in [3.05, 3.63) is 64.0 Å². The Balaban J connectivity index is 1.83. The van der Waals surface area contributed by atoms with Crippen molar-refractivity contribution in [3.63, 3.8) is 0 Å². The Morgan fingerprint density at radius 1 is 1.22 bits per heavy atom. The number of hydrogen-bond acceptors (Lipinski definition) is 5. The SMILES string of the molecule is COc1cc(F)c([N+](=O)[O-])c(N2CCC(C)N(Cc3ccccc3)CC2)c1. The summed E-state index contributed by atoms with van der Waals surface area (Å²) in [4.78, 5) is 15.0. The van der Waals surface area contributed by atoms with Gasteiger partial charge in [-0.05, 0) is 18.9 Å². The van der Waals surface area contributed by atoms with Crippen molar-refractivity contribution >= 4 is 11.4 Å². The summed E-state index contributed by atoms with van der Waals surface area (Å²) in [5.41, 5.74) is 1.03. The first kappa shape index (κ1) is 19.1. The third-order valence-electron chi connectivity index (χ3n) is 5.10. The topological polar surface area (TPSA) is 58.9 Å². The van der Waals surface area contributed by atoms with Crippen molar-refractivity contribution in [1.29, 1.82) is 0 Å². The fourth-order valence-electron chi connectivity index (χ4n) is 3.50. The van der Waals surface area contributed by atoms with Gasteiger partial charge in [0.05, 0.1) is 12.0 Å². The highest BCUT2D eigenvalue weighted by atomic mass is 19.1. The molecule has 1 unspecified atom stereocenters. The molecule has 1 fully saturated rings. The molecule has 0 spiro atoms. The largest absolute Gasteiger partial charge is 0.497 e. The van der Waals surface area contributed by atoms with Crippen LogP contribution in [0.1, 0.15) is 18.9 Å². The maximum Gasteiger partial charge on any atom is 0.328 e. The molecule has 0 bridgehead atoms. The van der Waals surface area contributed by atoms with Crippen molar-refractivity contribution in [2.24, 2.45) is 0 Å². The zero-order valence-corrected chi connectivity index (χ0v) is 15.6. The van der Waals surface area contributed by atoms with Gasteiger partial charge in [-0.1, -0.05) is 30.3 Å². The van der Waals surface area contributed by atoms with E-state index in [0.29, 0.717) is 19.1 Å². The molecule has 0 saturated carbocycles. The maximum atomic E-state index is 14.3. The first-order chi connectivity index (χ1) is 13.0. The van der Waals surface area contributed by atoms with Gasteiger partial charge in [0.15, 0.2) is 0 Å². The number of ether oxygens (including phenoxy) is 1. The average molecular weight is 373 g/mol. The smallest absolute Gasteiger partial charge is 0.328 e. The standard InChI is InChI=1S/C20H24FN3O3/c1-15-8-9-22(10-11-23(15)14-16-6-4-3-5-7-16)19-13-17(27-2)12-18(21)20(19)24(25)26/h3-7,12-13,15H,8-11,14H2,1-2H3. The van der Waals surface area contributed by atoms with Gasteiger partial charge >= 0.3 is 5.69 Å². The molecule has 1 aliphatic rings. The number of benzene rings is 2. The van der Waals surface area contributed by atoms with Crippen molar-refractivity contribution in [3.8, 4) is 5.75 Å². The van der Waals surface area contributed by atoms with Crippen LogP contribution in [0, 0.1) is 15.9 Å². The Bertz CT molecular complexity index is 801. The van der Waals surface area contributed by atoms with E-state index >= 15 is 0 Å². The monoisotopic (exact) mass is 373 g/mol. The summed E-state index contributed by atoms with van der Waals surface area (Å²) in [6.07, 6.45) is 0.836. The van der Waals surface area contributed by atoms with Gasteiger partial charge in [-0.25, -0.2) is 0 Å². The molecular formula is C20H24FN3O3.